The number of aryl methyl sites for hydroxylation is 4. The maximum Gasteiger partial charge on any atom is 0.263 e. The highest BCUT2D eigenvalue weighted by molar-refractivity contribution is 5.97. The van der Waals surface area contributed by atoms with Gasteiger partial charge >= 0.3 is 0 Å². The predicted molar refractivity (Wildman–Crippen MR) is 101 cm³/mol. The summed E-state index contributed by atoms with van der Waals surface area (Å²) in [4.78, 5) is 17.4. The van der Waals surface area contributed by atoms with E-state index in [1.165, 1.54) is 6.21 Å². The van der Waals surface area contributed by atoms with Crippen molar-refractivity contribution in [3.8, 4) is 5.75 Å². The van der Waals surface area contributed by atoms with Crippen molar-refractivity contribution >= 4 is 22.8 Å². The third kappa shape index (κ3) is 2.45. The van der Waals surface area contributed by atoms with Gasteiger partial charge in [0, 0.05) is 18.1 Å². The SMILES string of the molecule is Cc1cccc(C)c1N=Cc1c(O)c2cccc3c2n(c1=O)CCC3. The molecule has 0 bridgehead atoms. The third-order valence-corrected chi connectivity index (χ3v) is 4.97. The predicted octanol–water partition coefficient (Wildman–Crippen LogP) is 4.02. The molecule has 4 rings (SSSR count). The van der Waals surface area contributed by atoms with Gasteiger partial charge in [-0.25, -0.2) is 0 Å². The van der Waals surface area contributed by atoms with Crippen LogP contribution in [0, 0.1) is 13.8 Å². The van der Waals surface area contributed by atoms with Crippen molar-refractivity contribution in [2.24, 2.45) is 4.99 Å². The van der Waals surface area contributed by atoms with Gasteiger partial charge in [-0.05, 0) is 49.4 Å². The number of benzene rings is 2. The zero-order valence-corrected chi connectivity index (χ0v) is 14.4. The molecular formula is C21H20N2O2. The molecule has 126 valence electrons. The van der Waals surface area contributed by atoms with E-state index in [1.807, 2.05) is 50.2 Å². The van der Waals surface area contributed by atoms with Gasteiger partial charge in [0.05, 0.1) is 11.2 Å². The summed E-state index contributed by atoms with van der Waals surface area (Å²) < 4.78 is 1.78. The number of aliphatic imine (C=N–C) groups is 1. The van der Waals surface area contributed by atoms with Crippen LogP contribution in [0.3, 0.4) is 0 Å². The van der Waals surface area contributed by atoms with Crippen LogP contribution in [-0.4, -0.2) is 15.9 Å². The number of aromatic nitrogens is 1. The van der Waals surface area contributed by atoms with Crippen LogP contribution in [0.25, 0.3) is 10.9 Å². The fourth-order valence-corrected chi connectivity index (χ4v) is 3.69. The molecule has 1 N–H and O–H groups in total. The summed E-state index contributed by atoms with van der Waals surface area (Å²) in [5, 5.41) is 11.4. The van der Waals surface area contributed by atoms with Gasteiger partial charge in [-0.3, -0.25) is 9.79 Å². The second-order valence-electron chi connectivity index (χ2n) is 6.63. The average molecular weight is 332 g/mol. The Kier molecular flexibility index (Phi) is 3.68. The summed E-state index contributed by atoms with van der Waals surface area (Å²) in [6, 6.07) is 11.8. The summed E-state index contributed by atoms with van der Waals surface area (Å²) in [5.74, 6) is 0.0231. The molecule has 2 aromatic carbocycles. The molecule has 1 aliphatic heterocycles. The minimum Gasteiger partial charge on any atom is -0.506 e. The van der Waals surface area contributed by atoms with Crippen LogP contribution >= 0.6 is 0 Å². The number of nitrogens with zero attached hydrogens (tertiary/aromatic N) is 2. The van der Waals surface area contributed by atoms with E-state index < -0.39 is 0 Å². The average Bonchev–Trinajstić information content (AvgIpc) is 2.61. The zero-order valence-electron chi connectivity index (χ0n) is 14.4. The molecule has 0 saturated heterocycles. The maximum atomic E-state index is 12.9. The molecule has 3 aromatic rings. The fourth-order valence-electron chi connectivity index (χ4n) is 3.69. The molecule has 0 aliphatic carbocycles. The number of rotatable bonds is 2. The van der Waals surface area contributed by atoms with Crippen molar-refractivity contribution in [3.63, 3.8) is 0 Å². The van der Waals surface area contributed by atoms with Gasteiger partial charge in [-0.1, -0.05) is 30.3 Å². The smallest absolute Gasteiger partial charge is 0.263 e. The Morgan fingerprint density at radius 1 is 1.12 bits per heavy atom. The summed E-state index contributed by atoms with van der Waals surface area (Å²) in [6.45, 7) is 4.66. The molecule has 25 heavy (non-hydrogen) atoms. The normalized spacial score (nSPS) is 13.7. The molecular weight excluding hydrogens is 312 g/mol. The standard InChI is InChI=1S/C21H20N2O2/c1-13-6-3-7-14(2)18(13)22-12-17-20(24)16-10-4-8-15-9-5-11-23(19(15)16)21(17)25/h3-4,6-8,10,12,24H,5,9,11H2,1-2H3. The van der Waals surface area contributed by atoms with E-state index in [0.717, 1.165) is 46.1 Å². The Bertz CT molecular complexity index is 1060. The molecule has 4 nitrogen and oxygen atoms in total. The van der Waals surface area contributed by atoms with E-state index in [4.69, 9.17) is 0 Å². The number of hydrogen-bond acceptors (Lipinski definition) is 3. The van der Waals surface area contributed by atoms with Gasteiger partial charge in [0.25, 0.3) is 5.56 Å². The molecule has 0 spiro atoms. The molecule has 1 aliphatic rings. The second kappa shape index (κ2) is 5.88. The number of pyridine rings is 1. The van der Waals surface area contributed by atoms with Crippen molar-refractivity contribution in [3.05, 3.63) is 69.0 Å². The largest absolute Gasteiger partial charge is 0.506 e. The fraction of sp³-hybridized carbons (Fsp3) is 0.238. The van der Waals surface area contributed by atoms with Crippen LogP contribution in [-0.2, 0) is 13.0 Å². The van der Waals surface area contributed by atoms with Crippen molar-refractivity contribution < 1.29 is 5.11 Å². The zero-order chi connectivity index (χ0) is 17.6. The van der Waals surface area contributed by atoms with E-state index in [0.29, 0.717) is 6.54 Å². The van der Waals surface area contributed by atoms with Crippen LogP contribution in [0.5, 0.6) is 5.75 Å². The molecule has 0 atom stereocenters. The topological polar surface area (TPSA) is 54.6 Å². The van der Waals surface area contributed by atoms with E-state index in [-0.39, 0.29) is 16.9 Å². The highest BCUT2D eigenvalue weighted by atomic mass is 16.3. The first kappa shape index (κ1) is 15.6. The molecule has 0 fully saturated rings. The van der Waals surface area contributed by atoms with Gasteiger partial charge in [0.2, 0.25) is 0 Å². The van der Waals surface area contributed by atoms with E-state index >= 15 is 0 Å². The molecule has 0 saturated carbocycles. The molecule has 4 heteroatoms. The summed E-state index contributed by atoms with van der Waals surface area (Å²) >= 11 is 0. The molecule has 0 unspecified atom stereocenters. The molecule has 0 amide bonds. The first-order chi connectivity index (χ1) is 12.1. The quantitative estimate of drug-likeness (QED) is 0.721. The Balaban J connectivity index is 1.95. The highest BCUT2D eigenvalue weighted by Crippen LogP contribution is 2.31. The Morgan fingerprint density at radius 2 is 1.84 bits per heavy atom. The summed E-state index contributed by atoms with van der Waals surface area (Å²) in [6.07, 6.45) is 3.38. The van der Waals surface area contributed by atoms with Gasteiger partial charge in [-0.2, -0.15) is 0 Å². The van der Waals surface area contributed by atoms with Crippen molar-refractivity contribution in [1.29, 1.82) is 0 Å². The molecule has 1 aromatic heterocycles. The van der Waals surface area contributed by atoms with Crippen molar-refractivity contribution in [2.45, 2.75) is 33.2 Å². The Hall–Kier alpha value is -2.88. The first-order valence-electron chi connectivity index (χ1n) is 8.55. The lowest BCUT2D eigenvalue weighted by molar-refractivity contribution is 0.476. The van der Waals surface area contributed by atoms with Gasteiger partial charge in [0.15, 0.2) is 0 Å². The van der Waals surface area contributed by atoms with Gasteiger partial charge < -0.3 is 9.67 Å². The van der Waals surface area contributed by atoms with Crippen LogP contribution in [0.2, 0.25) is 0 Å². The lowest BCUT2D eigenvalue weighted by Crippen LogP contribution is -2.27. The van der Waals surface area contributed by atoms with Crippen LogP contribution in [0.4, 0.5) is 5.69 Å². The lowest BCUT2D eigenvalue weighted by atomic mass is 9.99. The van der Waals surface area contributed by atoms with Crippen LogP contribution in [0.15, 0.2) is 46.2 Å². The summed E-state index contributed by atoms with van der Waals surface area (Å²) in [5.41, 5.74) is 4.99. The van der Waals surface area contributed by atoms with E-state index in [9.17, 15) is 9.90 Å². The highest BCUT2D eigenvalue weighted by Gasteiger charge is 2.20. The van der Waals surface area contributed by atoms with Crippen LogP contribution in [0.1, 0.15) is 28.7 Å². The molecule has 2 heterocycles. The Morgan fingerprint density at radius 3 is 2.60 bits per heavy atom. The third-order valence-electron chi connectivity index (χ3n) is 4.97. The summed E-state index contributed by atoms with van der Waals surface area (Å²) in [7, 11) is 0. The number of para-hydroxylation sites is 2. The number of hydrogen-bond donors (Lipinski definition) is 1. The van der Waals surface area contributed by atoms with Crippen molar-refractivity contribution in [2.75, 3.05) is 0 Å². The molecule has 0 radical (unpaired) electrons. The van der Waals surface area contributed by atoms with Crippen molar-refractivity contribution in [1.82, 2.24) is 4.57 Å². The van der Waals surface area contributed by atoms with E-state index in [2.05, 4.69) is 4.99 Å². The lowest BCUT2D eigenvalue weighted by Gasteiger charge is -2.20. The minimum atomic E-state index is -0.174. The first-order valence-corrected chi connectivity index (χ1v) is 8.55. The minimum absolute atomic E-state index is 0.0231. The van der Waals surface area contributed by atoms with Gasteiger partial charge in [-0.15, -0.1) is 0 Å². The van der Waals surface area contributed by atoms with E-state index in [1.54, 1.807) is 4.57 Å². The maximum absolute atomic E-state index is 12.9. The van der Waals surface area contributed by atoms with Crippen LogP contribution < -0.4 is 5.56 Å². The number of aromatic hydroxyl groups is 1. The monoisotopic (exact) mass is 332 g/mol. The second-order valence-corrected chi connectivity index (χ2v) is 6.63. The Labute approximate surface area is 146 Å². The van der Waals surface area contributed by atoms with Gasteiger partial charge in [0.1, 0.15) is 11.3 Å².